The van der Waals surface area contributed by atoms with Crippen molar-refractivity contribution in [3.8, 4) is 0 Å². The molecule has 1 amide bonds. The van der Waals surface area contributed by atoms with Crippen LogP contribution < -0.4 is 5.32 Å². The molecule has 130 valence electrons. The molecule has 23 heavy (non-hydrogen) atoms. The second-order valence-corrected chi connectivity index (χ2v) is 8.09. The number of rotatable bonds is 7. The van der Waals surface area contributed by atoms with Gasteiger partial charge in [0.05, 0.1) is 6.04 Å². The maximum Gasteiger partial charge on any atom is 0.707 e. The lowest BCUT2D eigenvalue weighted by Crippen LogP contribution is -2.57. The first-order valence-electron chi connectivity index (χ1n) is 6.85. The van der Waals surface area contributed by atoms with Crippen LogP contribution in [0.4, 0.5) is 0 Å². The summed E-state index contributed by atoms with van der Waals surface area (Å²) in [5, 5.41) is 2.65. The first-order valence-corrected chi connectivity index (χ1v) is 8.78. The Kier molecular flexibility index (Phi) is 7.16. The average molecular weight is 345 g/mol. The Hall–Kier alpha value is -2.16. The second kappa shape index (κ2) is 7.91. The Morgan fingerprint density at radius 1 is 0.913 bits per heavy atom. The van der Waals surface area contributed by atoms with Gasteiger partial charge in [-0.2, -0.15) is 0 Å². The van der Waals surface area contributed by atoms with Crippen LogP contribution >= 0.6 is 0 Å². The standard InChI is InChI=1S/C14H23NO7Si/c1-9(2)13(19)15-14(6,7)8-23(20-10(3)16,21-11(4)17)22-12(5)18/h1,8H2,2-7H3,(H,15,19). The molecular formula is C14H23NO7Si. The minimum absolute atomic E-state index is 0.169. The first-order chi connectivity index (χ1) is 10.3. The third-order valence-corrected chi connectivity index (χ3v) is 5.51. The van der Waals surface area contributed by atoms with Gasteiger partial charge >= 0.3 is 8.80 Å². The van der Waals surface area contributed by atoms with Crippen molar-refractivity contribution < 1.29 is 32.5 Å². The van der Waals surface area contributed by atoms with E-state index in [0.29, 0.717) is 0 Å². The van der Waals surface area contributed by atoms with Crippen molar-refractivity contribution in [2.45, 2.75) is 53.1 Å². The lowest BCUT2D eigenvalue weighted by atomic mass is 10.1. The molecule has 0 saturated carbocycles. The second-order valence-electron chi connectivity index (χ2n) is 5.76. The van der Waals surface area contributed by atoms with Gasteiger partial charge in [-0.05, 0) is 20.8 Å². The summed E-state index contributed by atoms with van der Waals surface area (Å²) in [6.07, 6.45) is 0. The molecule has 0 rings (SSSR count). The maximum atomic E-state index is 11.8. The Labute approximate surface area is 136 Å². The van der Waals surface area contributed by atoms with Crippen LogP contribution in [0.25, 0.3) is 0 Å². The van der Waals surface area contributed by atoms with Gasteiger partial charge in [0.25, 0.3) is 17.9 Å². The molecule has 0 aromatic heterocycles. The molecule has 0 aliphatic carbocycles. The molecule has 0 radical (unpaired) electrons. The predicted octanol–water partition coefficient (Wildman–Crippen LogP) is 1.09. The molecule has 0 bridgehead atoms. The van der Waals surface area contributed by atoms with Crippen LogP contribution in [0.2, 0.25) is 6.04 Å². The minimum atomic E-state index is -4.01. The SMILES string of the molecule is C=C(C)C(=O)NC(C)(C)C[Si](OC(C)=O)(OC(C)=O)OC(C)=O. The summed E-state index contributed by atoms with van der Waals surface area (Å²) in [5.74, 6) is -2.71. The van der Waals surface area contributed by atoms with Gasteiger partial charge in [0.1, 0.15) is 0 Å². The number of amides is 1. The molecule has 8 nitrogen and oxygen atoms in total. The molecule has 0 aromatic carbocycles. The fraction of sp³-hybridized carbons (Fsp3) is 0.571. The Balaban J connectivity index is 5.57. The largest absolute Gasteiger partial charge is 0.707 e. The molecule has 0 aromatic rings. The highest BCUT2D eigenvalue weighted by Crippen LogP contribution is 2.25. The normalized spacial score (nSPS) is 11.2. The molecule has 0 spiro atoms. The zero-order chi connectivity index (χ0) is 18.4. The lowest BCUT2D eigenvalue weighted by Gasteiger charge is -2.33. The monoisotopic (exact) mass is 345 g/mol. The third-order valence-electron chi connectivity index (χ3n) is 2.40. The van der Waals surface area contributed by atoms with Gasteiger partial charge in [-0.25, -0.2) is 0 Å². The van der Waals surface area contributed by atoms with E-state index in [1.165, 1.54) is 6.92 Å². The van der Waals surface area contributed by atoms with Crippen molar-refractivity contribution in [2.75, 3.05) is 0 Å². The molecule has 0 aliphatic heterocycles. The zero-order valence-corrected chi connectivity index (χ0v) is 15.3. The van der Waals surface area contributed by atoms with Gasteiger partial charge in [-0.3, -0.25) is 19.2 Å². The van der Waals surface area contributed by atoms with E-state index in [4.69, 9.17) is 13.3 Å². The van der Waals surface area contributed by atoms with E-state index in [1.807, 2.05) is 0 Å². The van der Waals surface area contributed by atoms with Gasteiger partial charge in [-0.15, -0.1) is 0 Å². The van der Waals surface area contributed by atoms with Gasteiger partial charge in [0.15, 0.2) is 0 Å². The van der Waals surface area contributed by atoms with E-state index in [2.05, 4.69) is 11.9 Å². The number of nitrogens with one attached hydrogen (secondary N) is 1. The summed E-state index contributed by atoms with van der Waals surface area (Å²) < 4.78 is 15.2. The van der Waals surface area contributed by atoms with Crippen molar-refractivity contribution in [3.63, 3.8) is 0 Å². The molecule has 0 fully saturated rings. The van der Waals surface area contributed by atoms with Gasteiger partial charge < -0.3 is 18.6 Å². The van der Waals surface area contributed by atoms with E-state index in [9.17, 15) is 19.2 Å². The summed E-state index contributed by atoms with van der Waals surface area (Å²) in [7, 11) is -4.01. The number of hydrogen-bond donors (Lipinski definition) is 1. The van der Waals surface area contributed by atoms with Gasteiger partial charge in [-0.1, -0.05) is 6.58 Å². The summed E-state index contributed by atoms with van der Waals surface area (Å²) in [4.78, 5) is 45.9. The van der Waals surface area contributed by atoms with Crippen LogP contribution in [-0.4, -0.2) is 38.2 Å². The molecule has 9 heteroatoms. The van der Waals surface area contributed by atoms with E-state index < -0.39 is 38.2 Å². The molecule has 0 unspecified atom stereocenters. The highest BCUT2D eigenvalue weighted by atomic mass is 28.4. The first kappa shape index (κ1) is 20.8. The highest BCUT2D eigenvalue weighted by Gasteiger charge is 2.55. The van der Waals surface area contributed by atoms with Gasteiger partial charge in [0, 0.05) is 31.9 Å². The van der Waals surface area contributed by atoms with Gasteiger partial charge in [0.2, 0.25) is 5.91 Å². The Bertz CT molecular complexity index is 486. The van der Waals surface area contributed by atoms with Crippen LogP contribution in [0, 0.1) is 0 Å². The zero-order valence-electron chi connectivity index (χ0n) is 14.3. The topological polar surface area (TPSA) is 108 Å². The lowest BCUT2D eigenvalue weighted by molar-refractivity contribution is -0.147. The van der Waals surface area contributed by atoms with Crippen LogP contribution in [0.3, 0.4) is 0 Å². The molecule has 0 aliphatic rings. The van der Waals surface area contributed by atoms with Crippen LogP contribution in [0.5, 0.6) is 0 Å². The Morgan fingerprint density at radius 2 is 1.26 bits per heavy atom. The number of carbonyl (C=O) groups excluding carboxylic acids is 4. The number of hydrogen-bond acceptors (Lipinski definition) is 7. The highest BCUT2D eigenvalue weighted by molar-refractivity contribution is 6.65. The molecule has 1 N–H and O–H groups in total. The average Bonchev–Trinajstić information content (AvgIpc) is 2.22. The quantitative estimate of drug-likeness (QED) is 0.543. The van der Waals surface area contributed by atoms with E-state index in [0.717, 1.165) is 20.8 Å². The summed E-state index contributed by atoms with van der Waals surface area (Å²) in [6.45, 7) is 11.6. The van der Waals surface area contributed by atoms with Crippen molar-refractivity contribution in [2.24, 2.45) is 0 Å². The molecule has 0 atom stereocenters. The predicted molar refractivity (Wildman–Crippen MR) is 82.9 cm³/mol. The Morgan fingerprint density at radius 3 is 1.52 bits per heavy atom. The van der Waals surface area contributed by atoms with E-state index in [-0.39, 0.29) is 11.6 Å². The maximum absolute atomic E-state index is 11.8. The van der Waals surface area contributed by atoms with Crippen LogP contribution in [0.15, 0.2) is 12.2 Å². The smallest absolute Gasteiger partial charge is 0.455 e. The van der Waals surface area contributed by atoms with Crippen molar-refractivity contribution >= 4 is 32.6 Å². The third kappa shape index (κ3) is 8.14. The van der Waals surface area contributed by atoms with Crippen LogP contribution in [0.1, 0.15) is 41.5 Å². The van der Waals surface area contributed by atoms with E-state index >= 15 is 0 Å². The van der Waals surface area contributed by atoms with Crippen molar-refractivity contribution in [3.05, 3.63) is 12.2 Å². The van der Waals surface area contributed by atoms with Crippen molar-refractivity contribution in [1.29, 1.82) is 0 Å². The fourth-order valence-electron chi connectivity index (χ4n) is 1.83. The van der Waals surface area contributed by atoms with E-state index in [1.54, 1.807) is 13.8 Å². The minimum Gasteiger partial charge on any atom is -0.455 e. The molecular weight excluding hydrogens is 322 g/mol. The molecule has 0 heterocycles. The van der Waals surface area contributed by atoms with Crippen molar-refractivity contribution in [1.82, 2.24) is 5.32 Å². The summed E-state index contributed by atoms with van der Waals surface area (Å²) in [6, 6.07) is -0.169. The summed E-state index contributed by atoms with van der Waals surface area (Å²) >= 11 is 0. The molecule has 0 saturated heterocycles. The fourth-order valence-corrected chi connectivity index (χ4v) is 4.65. The number of carbonyl (C=O) groups is 4. The summed E-state index contributed by atoms with van der Waals surface area (Å²) in [5.41, 5.74) is -0.708. The van der Waals surface area contributed by atoms with Crippen LogP contribution in [-0.2, 0) is 32.5 Å².